The zero-order chi connectivity index (χ0) is 11.1. The number of rotatable bonds is 5. The number of carbonyl (C=O) groups is 2. The number of nitrogens with one attached hydrogen (secondary N) is 1. The molecule has 0 fully saturated rings. The van der Waals surface area contributed by atoms with Crippen LogP contribution in [0.15, 0.2) is 18.3 Å². The van der Waals surface area contributed by atoms with E-state index >= 15 is 0 Å². The Morgan fingerprint density at radius 1 is 1.60 bits per heavy atom. The van der Waals surface area contributed by atoms with Crippen LogP contribution < -0.4 is 5.32 Å². The van der Waals surface area contributed by atoms with E-state index in [1.807, 2.05) is 6.92 Å². The molecule has 80 valence electrons. The van der Waals surface area contributed by atoms with E-state index in [1.165, 1.54) is 0 Å². The van der Waals surface area contributed by atoms with E-state index in [0.717, 1.165) is 12.8 Å². The number of pyridine rings is 1. The molecule has 0 aliphatic rings. The number of aldehydes is 1. The maximum atomic E-state index is 11.4. The van der Waals surface area contributed by atoms with Gasteiger partial charge in [0.15, 0.2) is 6.29 Å². The van der Waals surface area contributed by atoms with E-state index in [0.29, 0.717) is 24.1 Å². The van der Waals surface area contributed by atoms with Crippen LogP contribution in [0.1, 0.15) is 36.5 Å². The van der Waals surface area contributed by atoms with Crippen molar-refractivity contribution in [2.45, 2.75) is 26.2 Å². The Morgan fingerprint density at radius 3 is 3.07 bits per heavy atom. The van der Waals surface area contributed by atoms with Crippen molar-refractivity contribution in [1.29, 1.82) is 0 Å². The molecule has 0 saturated heterocycles. The molecule has 0 aliphatic heterocycles. The van der Waals surface area contributed by atoms with Gasteiger partial charge in [-0.05, 0) is 18.6 Å². The van der Waals surface area contributed by atoms with Crippen molar-refractivity contribution in [2.75, 3.05) is 5.32 Å². The Hall–Kier alpha value is -1.71. The molecule has 1 N–H and O–H groups in total. The number of amides is 1. The predicted octanol–water partition coefficient (Wildman–Crippen LogP) is 2.02. The van der Waals surface area contributed by atoms with Crippen molar-refractivity contribution in [3.8, 4) is 0 Å². The maximum absolute atomic E-state index is 11.4. The highest BCUT2D eigenvalue weighted by Crippen LogP contribution is 2.09. The fraction of sp³-hybridized carbons (Fsp3) is 0.364. The summed E-state index contributed by atoms with van der Waals surface area (Å²) in [5.41, 5.74) is 0.405. The van der Waals surface area contributed by atoms with Crippen molar-refractivity contribution in [1.82, 2.24) is 4.98 Å². The summed E-state index contributed by atoms with van der Waals surface area (Å²) in [6.07, 6.45) is 4.50. The summed E-state index contributed by atoms with van der Waals surface area (Å²) in [5, 5.41) is 2.61. The van der Waals surface area contributed by atoms with E-state index in [1.54, 1.807) is 18.3 Å². The highest BCUT2D eigenvalue weighted by atomic mass is 16.1. The smallest absolute Gasteiger partial charge is 0.225 e. The average molecular weight is 206 g/mol. The van der Waals surface area contributed by atoms with Crippen LogP contribution in [0.4, 0.5) is 5.82 Å². The quantitative estimate of drug-likeness (QED) is 0.750. The molecule has 4 heteroatoms. The SMILES string of the molecule is CCCCC(=O)Nc1ncccc1C=O. The minimum absolute atomic E-state index is 0.0985. The van der Waals surface area contributed by atoms with Crippen molar-refractivity contribution < 1.29 is 9.59 Å². The Morgan fingerprint density at radius 2 is 2.40 bits per heavy atom. The fourth-order valence-corrected chi connectivity index (χ4v) is 1.15. The molecule has 0 spiro atoms. The third-order valence-corrected chi connectivity index (χ3v) is 1.98. The largest absolute Gasteiger partial charge is 0.310 e. The number of nitrogens with zero attached hydrogens (tertiary/aromatic N) is 1. The minimum atomic E-state index is -0.0985. The summed E-state index contributed by atoms with van der Waals surface area (Å²) < 4.78 is 0. The summed E-state index contributed by atoms with van der Waals surface area (Å²) in [5.74, 6) is 0.243. The van der Waals surface area contributed by atoms with E-state index in [-0.39, 0.29) is 5.91 Å². The number of aromatic nitrogens is 1. The van der Waals surface area contributed by atoms with Gasteiger partial charge in [0, 0.05) is 12.6 Å². The number of unbranched alkanes of at least 4 members (excludes halogenated alkanes) is 1. The molecule has 0 saturated carbocycles. The second-order valence-corrected chi connectivity index (χ2v) is 3.21. The molecule has 0 aromatic carbocycles. The molecule has 1 rings (SSSR count). The zero-order valence-electron chi connectivity index (χ0n) is 8.69. The average Bonchev–Trinajstić information content (AvgIpc) is 2.27. The van der Waals surface area contributed by atoms with Gasteiger partial charge in [0.05, 0.1) is 5.56 Å². The molecule has 1 heterocycles. The van der Waals surface area contributed by atoms with Crippen LogP contribution in [0.5, 0.6) is 0 Å². The predicted molar refractivity (Wildman–Crippen MR) is 57.8 cm³/mol. The lowest BCUT2D eigenvalue weighted by molar-refractivity contribution is -0.116. The van der Waals surface area contributed by atoms with Gasteiger partial charge in [-0.3, -0.25) is 9.59 Å². The maximum Gasteiger partial charge on any atom is 0.225 e. The van der Waals surface area contributed by atoms with Gasteiger partial charge in [-0.15, -0.1) is 0 Å². The molecule has 0 radical (unpaired) electrons. The highest BCUT2D eigenvalue weighted by Gasteiger charge is 2.06. The van der Waals surface area contributed by atoms with Gasteiger partial charge in [0.2, 0.25) is 5.91 Å². The van der Waals surface area contributed by atoms with Crippen molar-refractivity contribution in [2.24, 2.45) is 0 Å². The Labute approximate surface area is 88.7 Å². The molecule has 1 aromatic rings. The van der Waals surface area contributed by atoms with E-state index in [2.05, 4.69) is 10.3 Å². The molecule has 0 aliphatic carbocycles. The molecule has 15 heavy (non-hydrogen) atoms. The van der Waals surface area contributed by atoms with Gasteiger partial charge in [-0.2, -0.15) is 0 Å². The summed E-state index contributed by atoms with van der Waals surface area (Å²) in [6, 6.07) is 3.28. The van der Waals surface area contributed by atoms with Crippen LogP contribution >= 0.6 is 0 Å². The topological polar surface area (TPSA) is 59.1 Å². The van der Waals surface area contributed by atoms with Gasteiger partial charge >= 0.3 is 0 Å². The molecule has 4 nitrogen and oxygen atoms in total. The van der Waals surface area contributed by atoms with Crippen LogP contribution in [-0.4, -0.2) is 17.2 Å². The molecular weight excluding hydrogens is 192 g/mol. The lowest BCUT2D eigenvalue weighted by Crippen LogP contribution is -2.13. The van der Waals surface area contributed by atoms with E-state index in [4.69, 9.17) is 0 Å². The standard InChI is InChI=1S/C11H14N2O2/c1-2-3-6-10(15)13-11-9(8-14)5-4-7-12-11/h4-5,7-8H,2-3,6H2,1H3,(H,12,13,15). The summed E-state index contributed by atoms with van der Waals surface area (Å²) in [4.78, 5) is 25.9. The summed E-state index contributed by atoms with van der Waals surface area (Å²) in [6.45, 7) is 2.02. The second kappa shape index (κ2) is 5.90. The van der Waals surface area contributed by atoms with Crippen molar-refractivity contribution in [3.63, 3.8) is 0 Å². The van der Waals surface area contributed by atoms with Crippen LogP contribution in [0.25, 0.3) is 0 Å². The number of carbonyl (C=O) groups excluding carboxylic acids is 2. The summed E-state index contributed by atoms with van der Waals surface area (Å²) >= 11 is 0. The first-order valence-corrected chi connectivity index (χ1v) is 4.98. The zero-order valence-corrected chi connectivity index (χ0v) is 8.69. The van der Waals surface area contributed by atoms with E-state index < -0.39 is 0 Å². The first kappa shape index (κ1) is 11.4. The Bertz CT molecular complexity index is 350. The molecule has 0 atom stereocenters. The highest BCUT2D eigenvalue weighted by molar-refractivity contribution is 5.94. The monoisotopic (exact) mass is 206 g/mol. The van der Waals surface area contributed by atoms with Crippen LogP contribution in [0.3, 0.4) is 0 Å². The first-order chi connectivity index (χ1) is 7.27. The van der Waals surface area contributed by atoms with Crippen molar-refractivity contribution >= 4 is 18.0 Å². The molecular formula is C11H14N2O2. The Kier molecular flexibility index (Phi) is 4.47. The number of hydrogen-bond donors (Lipinski definition) is 1. The molecule has 0 unspecified atom stereocenters. The molecule has 1 amide bonds. The lowest BCUT2D eigenvalue weighted by atomic mass is 10.2. The fourth-order valence-electron chi connectivity index (χ4n) is 1.15. The third-order valence-electron chi connectivity index (χ3n) is 1.98. The van der Waals surface area contributed by atoms with Gasteiger partial charge < -0.3 is 5.32 Å². The number of hydrogen-bond acceptors (Lipinski definition) is 3. The lowest BCUT2D eigenvalue weighted by Gasteiger charge is -2.05. The second-order valence-electron chi connectivity index (χ2n) is 3.21. The summed E-state index contributed by atoms with van der Waals surface area (Å²) in [7, 11) is 0. The molecule has 0 bridgehead atoms. The van der Waals surface area contributed by atoms with Crippen molar-refractivity contribution in [3.05, 3.63) is 23.9 Å². The van der Waals surface area contributed by atoms with Gasteiger partial charge in [0.25, 0.3) is 0 Å². The normalized spacial score (nSPS) is 9.67. The van der Waals surface area contributed by atoms with Crippen LogP contribution in [0, 0.1) is 0 Å². The minimum Gasteiger partial charge on any atom is -0.310 e. The number of anilines is 1. The molecule has 1 aromatic heterocycles. The van der Waals surface area contributed by atoms with Gasteiger partial charge in [-0.25, -0.2) is 4.98 Å². The third kappa shape index (κ3) is 3.50. The van der Waals surface area contributed by atoms with Crippen LogP contribution in [0.2, 0.25) is 0 Å². The van der Waals surface area contributed by atoms with Gasteiger partial charge in [-0.1, -0.05) is 13.3 Å². The first-order valence-electron chi connectivity index (χ1n) is 4.98. The van der Waals surface area contributed by atoms with Crippen LogP contribution in [-0.2, 0) is 4.79 Å². The van der Waals surface area contributed by atoms with E-state index in [9.17, 15) is 9.59 Å². The Balaban J connectivity index is 2.63. The van der Waals surface area contributed by atoms with Gasteiger partial charge in [0.1, 0.15) is 5.82 Å².